The maximum Gasteiger partial charge on any atom is 0.268 e. The Morgan fingerprint density at radius 1 is 1.31 bits per heavy atom. The lowest BCUT2D eigenvalue weighted by molar-refractivity contribution is 0.0946. The number of H-pyrrole nitrogens is 1. The van der Waals surface area contributed by atoms with E-state index in [9.17, 15) is 4.79 Å². The third-order valence-electron chi connectivity index (χ3n) is 5.00. The maximum atomic E-state index is 12.5. The van der Waals surface area contributed by atoms with Crippen LogP contribution in [-0.4, -0.2) is 33.9 Å². The van der Waals surface area contributed by atoms with Crippen molar-refractivity contribution in [2.24, 2.45) is 0 Å². The number of rotatable bonds is 5. The lowest BCUT2D eigenvalue weighted by atomic mass is 10.1. The molecule has 3 aromatic heterocycles. The number of pyridine rings is 1. The van der Waals surface area contributed by atoms with Gasteiger partial charge in [-0.1, -0.05) is 12.5 Å². The van der Waals surface area contributed by atoms with Crippen LogP contribution in [0.2, 0.25) is 0 Å². The second-order valence-corrected chi connectivity index (χ2v) is 8.16. The van der Waals surface area contributed by atoms with Gasteiger partial charge in [-0.2, -0.15) is 0 Å². The Balaban J connectivity index is 1.49. The first-order valence-corrected chi connectivity index (χ1v) is 10.0. The highest BCUT2D eigenvalue weighted by Crippen LogP contribution is 2.32. The first-order valence-electron chi connectivity index (χ1n) is 9.22. The van der Waals surface area contributed by atoms with Crippen molar-refractivity contribution in [1.82, 2.24) is 20.2 Å². The first kappa shape index (κ1) is 17.2. The monoisotopic (exact) mass is 368 g/mol. The zero-order valence-electron chi connectivity index (χ0n) is 15.0. The van der Waals surface area contributed by atoms with Crippen LogP contribution in [0.4, 0.5) is 0 Å². The molecule has 0 radical (unpaired) electrons. The lowest BCUT2D eigenvalue weighted by Gasteiger charge is -2.26. The Bertz CT molecular complexity index is 893. The molecule has 0 aromatic carbocycles. The number of aromatic nitrogens is 2. The van der Waals surface area contributed by atoms with Gasteiger partial charge in [0.1, 0.15) is 5.69 Å². The minimum atomic E-state index is -0.0828. The Hall–Kier alpha value is -2.18. The molecular formula is C20H24N4OS. The molecule has 3 aromatic rings. The molecule has 1 fully saturated rings. The average Bonchev–Trinajstić information content (AvgIpc) is 3.20. The normalized spacial score (nSPS) is 15.4. The maximum absolute atomic E-state index is 12.5. The van der Waals surface area contributed by atoms with Crippen molar-refractivity contribution >= 4 is 27.5 Å². The van der Waals surface area contributed by atoms with Gasteiger partial charge in [-0.05, 0) is 51.1 Å². The highest BCUT2D eigenvalue weighted by atomic mass is 32.1. The number of thiophene rings is 1. The fourth-order valence-electron chi connectivity index (χ4n) is 3.57. The standard InChI is InChI=1S/C20H24N4OS/c1-14-16(13-24-9-5-2-6-10-24)19-18(26-14)11-17(23-19)20(25)22-12-15-7-3-4-8-21-15/h3-4,7-8,11,23H,2,5-6,9-10,12-13H2,1H3,(H,22,25). The van der Waals surface area contributed by atoms with Crippen molar-refractivity contribution in [1.29, 1.82) is 0 Å². The van der Waals surface area contributed by atoms with E-state index in [0.717, 1.165) is 22.5 Å². The Morgan fingerprint density at radius 3 is 2.92 bits per heavy atom. The van der Waals surface area contributed by atoms with Crippen LogP contribution in [0, 0.1) is 6.92 Å². The van der Waals surface area contributed by atoms with Gasteiger partial charge in [0.05, 0.1) is 22.5 Å². The minimum absolute atomic E-state index is 0.0828. The topological polar surface area (TPSA) is 61.0 Å². The van der Waals surface area contributed by atoms with Crippen LogP contribution in [0.15, 0.2) is 30.5 Å². The molecule has 6 heteroatoms. The number of carbonyl (C=O) groups is 1. The summed E-state index contributed by atoms with van der Waals surface area (Å²) in [5.41, 5.74) is 3.95. The number of piperidine rings is 1. The van der Waals surface area contributed by atoms with Gasteiger partial charge in [0, 0.05) is 23.2 Å². The first-order chi connectivity index (χ1) is 12.7. The Morgan fingerprint density at radius 2 is 2.15 bits per heavy atom. The zero-order chi connectivity index (χ0) is 17.9. The second kappa shape index (κ2) is 7.60. The number of hydrogen-bond acceptors (Lipinski definition) is 4. The number of amides is 1. The molecule has 0 saturated carbocycles. The molecule has 1 saturated heterocycles. The summed E-state index contributed by atoms with van der Waals surface area (Å²) < 4.78 is 1.16. The van der Waals surface area contributed by atoms with Gasteiger partial charge in [0.15, 0.2) is 0 Å². The number of aromatic amines is 1. The Labute approximate surface area is 157 Å². The number of hydrogen-bond donors (Lipinski definition) is 2. The molecule has 1 amide bonds. The van der Waals surface area contributed by atoms with E-state index >= 15 is 0 Å². The van der Waals surface area contributed by atoms with Crippen molar-refractivity contribution in [2.45, 2.75) is 39.3 Å². The van der Waals surface area contributed by atoms with Gasteiger partial charge in [-0.15, -0.1) is 11.3 Å². The molecular weight excluding hydrogens is 344 g/mol. The van der Waals surface area contributed by atoms with Crippen molar-refractivity contribution < 1.29 is 4.79 Å². The number of fused-ring (bicyclic) bond motifs is 1. The molecule has 26 heavy (non-hydrogen) atoms. The predicted molar refractivity (Wildman–Crippen MR) is 105 cm³/mol. The van der Waals surface area contributed by atoms with E-state index < -0.39 is 0 Å². The molecule has 0 spiro atoms. The summed E-state index contributed by atoms with van der Waals surface area (Å²) in [6.45, 7) is 5.94. The highest BCUT2D eigenvalue weighted by molar-refractivity contribution is 7.19. The largest absolute Gasteiger partial charge is 0.350 e. The molecule has 0 atom stereocenters. The third kappa shape index (κ3) is 3.66. The minimum Gasteiger partial charge on any atom is -0.350 e. The molecule has 0 aliphatic carbocycles. The number of nitrogens with one attached hydrogen (secondary N) is 2. The molecule has 4 rings (SSSR count). The smallest absolute Gasteiger partial charge is 0.268 e. The summed E-state index contributed by atoms with van der Waals surface area (Å²) in [4.78, 5) is 24.0. The van der Waals surface area contributed by atoms with Crippen LogP contribution < -0.4 is 5.32 Å². The Kier molecular flexibility index (Phi) is 5.04. The summed E-state index contributed by atoms with van der Waals surface area (Å²) in [6, 6.07) is 7.68. The molecule has 136 valence electrons. The van der Waals surface area contributed by atoms with Crippen molar-refractivity contribution in [3.05, 3.63) is 52.3 Å². The van der Waals surface area contributed by atoms with E-state index in [-0.39, 0.29) is 5.91 Å². The predicted octanol–water partition coefficient (Wildman–Crippen LogP) is 3.85. The van der Waals surface area contributed by atoms with Gasteiger partial charge in [0.25, 0.3) is 5.91 Å². The number of carbonyl (C=O) groups excluding carboxylic acids is 1. The van der Waals surface area contributed by atoms with Crippen LogP contribution >= 0.6 is 11.3 Å². The second-order valence-electron chi connectivity index (χ2n) is 6.90. The van der Waals surface area contributed by atoms with E-state index in [2.05, 4.69) is 27.1 Å². The van der Waals surface area contributed by atoms with E-state index in [0.29, 0.717) is 12.2 Å². The summed E-state index contributed by atoms with van der Waals surface area (Å²) in [5, 5.41) is 2.94. The lowest BCUT2D eigenvalue weighted by Crippen LogP contribution is -2.29. The molecule has 4 heterocycles. The highest BCUT2D eigenvalue weighted by Gasteiger charge is 2.19. The number of likely N-dealkylation sites (tertiary alicyclic amines) is 1. The van der Waals surface area contributed by atoms with Gasteiger partial charge in [0.2, 0.25) is 0 Å². The van der Waals surface area contributed by atoms with E-state index in [1.807, 2.05) is 24.3 Å². The van der Waals surface area contributed by atoms with Crippen LogP contribution in [0.1, 0.15) is 45.9 Å². The zero-order valence-corrected chi connectivity index (χ0v) is 15.9. The average molecular weight is 369 g/mol. The van der Waals surface area contributed by atoms with Crippen LogP contribution in [0.25, 0.3) is 10.2 Å². The van der Waals surface area contributed by atoms with E-state index in [1.165, 1.54) is 42.8 Å². The summed E-state index contributed by atoms with van der Waals surface area (Å²) >= 11 is 1.77. The summed E-state index contributed by atoms with van der Waals surface area (Å²) in [7, 11) is 0. The number of nitrogens with zero attached hydrogens (tertiary/aromatic N) is 2. The van der Waals surface area contributed by atoms with E-state index in [1.54, 1.807) is 17.5 Å². The molecule has 1 aliphatic heterocycles. The SMILES string of the molecule is Cc1sc2cc(C(=O)NCc3ccccn3)[nH]c2c1CN1CCCCC1. The van der Waals surface area contributed by atoms with Crippen molar-refractivity contribution in [2.75, 3.05) is 13.1 Å². The van der Waals surface area contributed by atoms with Gasteiger partial charge >= 0.3 is 0 Å². The van der Waals surface area contributed by atoms with E-state index in [4.69, 9.17) is 0 Å². The molecule has 0 bridgehead atoms. The van der Waals surface area contributed by atoms with Crippen LogP contribution in [0.3, 0.4) is 0 Å². The molecule has 0 unspecified atom stereocenters. The quantitative estimate of drug-likeness (QED) is 0.719. The van der Waals surface area contributed by atoms with Crippen molar-refractivity contribution in [3.63, 3.8) is 0 Å². The van der Waals surface area contributed by atoms with Gasteiger partial charge in [-0.3, -0.25) is 14.7 Å². The van der Waals surface area contributed by atoms with Crippen LogP contribution in [0.5, 0.6) is 0 Å². The fraction of sp³-hybridized carbons (Fsp3) is 0.400. The molecule has 2 N–H and O–H groups in total. The summed E-state index contributed by atoms with van der Waals surface area (Å²) in [5.74, 6) is -0.0828. The summed E-state index contributed by atoms with van der Waals surface area (Å²) in [6.07, 6.45) is 5.66. The fourth-order valence-corrected chi connectivity index (χ4v) is 4.64. The van der Waals surface area contributed by atoms with Crippen molar-refractivity contribution in [3.8, 4) is 0 Å². The van der Waals surface area contributed by atoms with Gasteiger partial charge < -0.3 is 10.3 Å². The van der Waals surface area contributed by atoms with Crippen LogP contribution in [-0.2, 0) is 13.1 Å². The molecule has 1 aliphatic rings. The third-order valence-corrected chi connectivity index (χ3v) is 6.10. The molecule has 5 nitrogen and oxygen atoms in total. The van der Waals surface area contributed by atoms with Gasteiger partial charge in [-0.25, -0.2) is 0 Å². The number of aryl methyl sites for hydroxylation is 1.